The topological polar surface area (TPSA) is 162 Å². The van der Waals surface area contributed by atoms with Gasteiger partial charge in [0.25, 0.3) is 0 Å². The Balaban J connectivity index is -0.000000176. The van der Waals surface area contributed by atoms with E-state index in [1.165, 1.54) is 0 Å². The highest BCUT2D eigenvalue weighted by Gasteiger charge is 2.16. The third-order valence-electron chi connectivity index (χ3n) is 2.76. The van der Waals surface area contributed by atoms with Crippen molar-refractivity contribution in [3.05, 3.63) is 0 Å². The molecule has 0 aromatic rings. The summed E-state index contributed by atoms with van der Waals surface area (Å²) in [6.07, 6.45) is 2.22. The van der Waals surface area contributed by atoms with Gasteiger partial charge in [-0.05, 0) is 54.4 Å². The summed E-state index contributed by atoms with van der Waals surface area (Å²) in [7, 11) is 0. The van der Waals surface area contributed by atoms with Gasteiger partial charge in [0.2, 0.25) is 12.8 Å². The summed E-state index contributed by atoms with van der Waals surface area (Å²) in [5, 5.41) is 30.2. The fourth-order valence-corrected chi connectivity index (χ4v) is 1.46. The molecule has 192 valence electrons. The van der Waals surface area contributed by atoms with Crippen LogP contribution in [0.15, 0.2) is 0 Å². The van der Waals surface area contributed by atoms with E-state index in [0.29, 0.717) is 32.2 Å². The van der Waals surface area contributed by atoms with Crippen LogP contribution in [-0.2, 0) is 23.9 Å². The lowest BCUT2D eigenvalue weighted by Gasteiger charge is -2.11. The van der Waals surface area contributed by atoms with E-state index in [1.54, 1.807) is 48.5 Å². The number of amides is 2. The molecule has 0 bridgehead atoms. The Bertz CT molecular complexity index is 467. The first-order valence-corrected chi connectivity index (χ1v) is 10.8. The van der Waals surface area contributed by atoms with Gasteiger partial charge in [-0.2, -0.15) is 0 Å². The highest BCUT2D eigenvalue weighted by atomic mass is 35.5. The van der Waals surface area contributed by atoms with Gasteiger partial charge in [0.1, 0.15) is 0 Å². The molecule has 5 N–H and O–H groups in total. The van der Waals surface area contributed by atoms with Gasteiger partial charge in [0.05, 0.1) is 23.0 Å². The number of halogens is 1. The van der Waals surface area contributed by atoms with Crippen LogP contribution in [0.2, 0.25) is 0 Å². The van der Waals surface area contributed by atoms with E-state index in [4.69, 9.17) is 26.9 Å². The zero-order valence-corrected chi connectivity index (χ0v) is 21.4. The number of aliphatic carboxylic acids is 1. The Morgan fingerprint density at radius 3 is 1.41 bits per heavy atom. The first-order valence-electron chi connectivity index (χ1n) is 10.2. The molecular weight excluding hydrogens is 444 g/mol. The average molecular weight is 487 g/mol. The molecule has 0 radical (unpaired) electrons. The number of ether oxygens (including phenoxy) is 1. The zero-order valence-electron chi connectivity index (χ0n) is 20.6. The second-order valence-electron chi connectivity index (χ2n) is 8.51. The van der Waals surface area contributed by atoms with Crippen LogP contribution in [-0.4, -0.2) is 70.4 Å². The number of hydrogen-bond donors (Lipinski definition) is 5. The SMILES string of the molecule is CC(C)(C)O.CC(C)(C)O.CCC(CNC=O)C(=O)O.CCC(CNC=O)C(=O)OCCl. The number of hydrogen-bond acceptors (Lipinski definition) is 7. The van der Waals surface area contributed by atoms with Crippen molar-refractivity contribution in [2.24, 2.45) is 11.8 Å². The molecule has 0 aromatic carbocycles. The van der Waals surface area contributed by atoms with Crippen molar-refractivity contribution in [1.82, 2.24) is 10.6 Å². The number of esters is 1. The zero-order chi connectivity index (χ0) is 26.4. The number of carboxylic acid groups (broad SMARTS) is 1. The Hall–Kier alpha value is -1.91. The Kier molecular flexibility index (Phi) is 26.1. The summed E-state index contributed by atoms with van der Waals surface area (Å²) in [6.45, 7) is 14.6. The molecule has 2 amide bonds. The minimum atomic E-state index is -0.864. The van der Waals surface area contributed by atoms with E-state index in [1.807, 2.05) is 6.92 Å². The molecule has 0 aromatic heterocycles. The molecule has 0 rings (SSSR count). The van der Waals surface area contributed by atoms with E-state index in [2.05, 4.69) is 15.4 Å². The second kappa shape index (κ2) is 22.3. The van der Waals surface area contributed by atoms with E-state index < -0.39 is 23.1 Å². The summed E-state index contributed by atoms with van der Waals surface area (Å²) in [5.74, 6) is -1.99. The molecule has 0 aliphatic rings. The maximum absolute atomic E-state index is 11.0. The summed E-state index contributed by atoms with van der Waals surface area (Å²) in [5.41, 5.74) is -1.00. The molecule has 0 fully saturated rings. The average Bonchev–Trinajstić information content (AvgIpc) is 2.61. The van der Waals surface area contributed by atoms with Crippen LogP contribution < -0.4 is 10.6 Å². The monoisotopic (exact) mass is 486 g/mol. The molecule has 0 spiro atoms. The maximum atomic E-state index is 11.0. The standard InChI is InChI=1S/C7H12ClNO3.C6H11NO3.2C4H10O/c1-2-6(3-9-5-10)7(11)12-4-8;1-2-5(6(9)10)3-7-4-8;2*1-4(2,3)5/h5-6H,2-4H2,1H3,(H,9,10);4-5H,2-3H2,1H3,(H,7,8)(H,9,10);2*5H,1-3H3. The number of carboxylic acids is 1. The fourth-order valence-electron chi connectivity index (χ4n) is 1.35. The number of rotatable bonds is 11. The lowest BCUT2D eigenvalue weighted by Crippen LogP contribution is -2.28. The van der Waals surface area contributed by atoms with Gasteiger partial charge < -0.3 is 30.7 Å². The van der Waals surface area contributed by atoms with Crippen molar-refractivity contribution in [1.29, 1.82) is 0 Å². The largest absolute Gasteiger partial charge is 0.481 e. The predicted molar refractivity (Wildman–Crippen MR) is 124 cm³/mol. The third-order valence-corrected chi connectivity index (χ3v) is 2.87. The van der Waals surface area contributed by atoms with Crippen LogP contribution in [0.4, 0.5) is 0 Å². The molecule has 0 saturated heterocycles. The first kappa shape index (κ1) is 37.4. The minimum absolute atomic E-state index is 0.142. The van der Waals surface area contributed by atoms with Gasteiger partial charge in [-0.15, -0.1) is 0 Å². The summed E-state index contributed by atoms with van der Waals surface area (Å²) in [6, 6.07) is -0.142. The minimum Gasteiger partial charge on any atom is -0.481 e. The third kappa shape index (κ3) is 46.3. The van der Waals surface area contributed by atoms with E-state index >= 15 is 0 Å². The number of alkyl halides is 1. The maximum Gasteiger partial charge on any atom is 0.311 e. The Morgan fingerprint density at radius 1 is 0.875 bits per heavy atom. The summed E-state index contributed by atoms with van der Waals surface area (Å²) in [4.78, 5) is 41.0. The number of carbonyl (C=O) groups is 4. The quantitative estimate of drug-likeness (QED) is 0.168. The van der Waals surface area contributed by atoms with Crippen molar-refractivity contribution >= 4 is 36.4 Å². The number of carbonyl (C=O) groups excluding carboxylic acids is 3. The fraction of sp³-hybridized carbons (Fsp3) is 0.810. The van der Waals surface area contributed by atoms with Crippen LogP contribution >= 0.6 is 11.6 Å². The Labute approximate surface area is 197 Å². The van der Waals surface area contributed by atoms with Crippen LogP contribution in [0.5, 0.6) is 0 Å². The van der Waals surface area contributed by atoms with Crippen molar-refractivity contribution < 1.29 is 39.2 Å². The van der Waals surface area contributed by atoms with E-state index in [-0.39, 0.29) is 24.5 Å². The molecule has 0 heterocycles. The molecule has 0 saturated carbocycles. The molecular formula is C21H43ClN2O8. The number of nitrogens with one attached hydrogen (secondary N) is 2. The molecule has 10 nitrogen and oxygen atoms in total. The molecule has 2 unspecified atom stereocenters. The van der Waals surface area contributed by atoms with Crippen molar-refractivity contribution in [2.75, 3.05) is 19.2 Å². The molecule has 32 heavy (non-hydrogen) atoms. The van der Waals surface area contributed by atoms with Crippen LogP contribution in [0.25, 0.3) is 0 Å². The van der Waals surface area contributed by atoms with Crippen LogP contribution in [0.1, 0.15) is 68.2 Å². The molecule has 2 atom stereocenters. The van der Waals surface area contributed by atoms with E-state index in [9.17, 15) is 19.2 Å². The van der Waals surface area contributed by atoms with Gasteiger partial charge in [-0.25, -0.2) is 0 Å². The Morgan fingerprint density at radius 2 is 1.19 bits per heavy atom. The van der Waals surface area contributed by atoms with Crippen molar-refractivity contribution in [3.8, 4) is 0 Å². The normalized spacial score (nSPS) is 12.0. The van der Waals surface area contributed by atoms with Crippen molar-refractivity contribution in [3.63, 3.8) is 0 Å². The van der Waals surface area contributed by atoms with E-state index in [0.717, 1.165) is 0 Å². The lowest BCUT2D eigenvalue weighted by atomic mass is 10.1. The second-order valence-corrected chi connectivity index (χ2v) is 8.73. The van der Waals surface area contributed by atoms with Crippen LogP contribution in [0, 0.1) is 11.8 Å². The molecule has 0 aliphatic carbocycles. The van der Waals surface area contributed by atoms with Gasteiger partial charge in [-0.1, -0.05) is 25.4 Å². The molecule has 0 aliphatic heterocycles. The van der Waals surface area contributed by atoms with Gasteiger partial charge in [0.15, 0.2) is 6.07 Å². The predicted octanol–water partition coefficient (Wildman–Crippen LogP) is 1.90. The van der Waals surface area contributed by atoms with Crippen molar-refractivity contribution in [2.45, 2.75) is 79.4 Å². The smallest absolute Gasteiger partial charge is 0.311 e. The summed E-state index contributed by atoms with van der Waals surface area (Å²) >= 11 is 5.20. The summed E-state index contributed by atoms with van der Waals surface area (Å²) < 4.78 is 4.56. The lowest BCUT2D eigenvalue weighted by molar-refractivity contribution is -0.146. The van der Waals surface area contributed by atoms with Crippen LogP contribution in [0.3, 0.4) is 0 Å². The van der Waals surface area contributed by atoms with Gasteiger partial charge in [-0.3, -0.25) is 19.2 Å². The van der Waals surface area contributed by atoms with Gasteiger partial charge >= 0.3 is 11.9 Å². The highest BCUT2D eigenvalue weighted by molar-refractivity contribution is 6.17. The first-order chi connectivity index (χ1) is 14.5. The number of aliphatic hydroxyl groups is 2. The molecule has 11 heteroatoms. The van der Waals surface area contributed by atoms with Gasteiger partial charge in [0, 0.05) is 13.1 Å². The highest BCUT2D eigenvalue weighted by Crippen LogP contribution is 2.04.